The van der Waals surface area contributed by atoms with Crippen molar-refractivity contribution in [2.75, 3.05) is 4.90 Å². The van der Waals surface area contributed by atoms with Crippen LogP contribution in [-0.4, -0.2) is 21.0 Å². The third kappa shape index (κ3) is 4.12. The number of nitrogens with zero attached hydrogens (tertiary/aromatic N) is 4. The maximum absolute atomic E-state index is 6.87. The molecule has 8 aromatic rings. The van der Waals surface area contributed by atoms with E-state index in [0.717, 1.165) is 27.9 Å². The van der Waals surface area contributed by atoms with Gasteiger partial charge in [0.05, 0.1) is 11.7 Å². The lowest BCUT2D eigenvalue weighted by molar-refractivity contribution is 0.485. The van der Waals surface area contributed by atoms with E-state index in [1.54, 1.807) is 0 Å². The van der Waals surface area contributed by atoms with Gasteiger partial charge in [-0.15, -0.1) is 11.3 Å². The van der Waals surface area contributed by atoms with Crippen molar-refractivity contribution in [1.29, 1.82) is 0 Å². The minimum atomic E-state index is -0.0902. The van der Waals surface area contributed by atoms with E-state index in [2.05, 4.69) is 135 Å². The molecule has 6 heteroatoms. The van der Waals surface area contributed by atoms with E-state index in [1.165, 1.54) is 64.8 Å². The van der Waals surface area contributed by atoms with Gasteiger partial charge >= 0.3 is 0 Å². The summed E-state index contributed by atoms with van der Waals surface area (Å²) in [6.45, 7) is 11.1. The summed E-state index contributed by atoms with van der Waals surface area (Å²) in [6, 6.07) is 38.8. The zero-order valence-corrected chi connectivity index (χ0v) is 31.7. The molecule has 4 atom stereocenters. The number of hydrogen-bond acceptors (Lipinski definition) is 6. The summed E-state index contributed by atoms with van der Waals surface area (Å²) in [5.74, 6) is 3.56. The van der Waals surface area contributed by atoms with Gasteiger partial charge in [-0.2, -0.15) is 9.97 Å². The number of allylic oxidation sites excluding steroid dienone is 2. The Morgan fingerprint density at radius 1 is 0.648 bits per heavy atom. The van der Waals surface area contributed by atoms with Gasteiger partial charge in [0.25, 0.3) is 0 Å². The van der Waals surface area contributed by atoms with Crippen LogP contribution in [0, 0.1) is 5.92 Å². The fourth-order valence-corrected chi connectivity index (χ4v) is 11.1. The lowest BCUT2D eigenvalue weighted by atomic mass is 9.65. The molecule has 12 rings (SSSR count). The molecule has 5 nitrogen and oxygen atoms in total. The highest BCUT2D eigenvalue weighted by atomic mass is 32.1. The zero-order valence-electron chi connectivity index (χ0n) is 30.9. The molecule has 54 heavy (non-hydrogen) atoms. The maximum atomic E-state index is 6.87. The average molecular weight is 719 g/mol. The number of anilines is 2. The molecule has 2 aliphatic carbocycles. The topological polar surface area (TPSA) is 55.1 Å². The fourth-order valence-electron chi connectivity index (χ4n) is 9.99. The molecule has 0 amide bonds. The Balaban J connectivity index is 0.00000168. The first kappa shape index (κ1) is 31.7. The van der Waals surface area contributed by atoms with Gasteiger partial charge in [0, 0.05) is 59.6 Å². The van der Waals surface area contributed by atoms with E-state index in [4.69, 9.17) is 19.4 Å². The van der Waals surface area contributed by atoms with Crippen molar-refractivity contribution >= 4 is 59.7 Å². The first-order valence-corrected chi connectivity index (χ1v) is 20.0. The summed E-state index contributed by atoms with van der Waals surface area (Å²) in [4.78, 5) is 18.7. The summed E-state index contributed by atoms with van der Waals surface area (Å²) >= 11 is 1.87. The molecule has 3 aromatic heterocycles. The van der Waals surface area contributed by atoms with E-state index < -0.39 is 0 Å². The summed E-state index contributed by atoms with van der Waals surface area (Å²) in [6.07, 6.45) is 2.55. The number of thiophene rings is 1. The molecule has 262 valence electrons. The number of furan rings is 1. The highest BCUT2D eigenvalue weighted by Crippen LogP contribution is 2.63. The van der Waals surface area contributed by atoms with Gasteiger partial charge in [-0.05, 0) is 46.4 Å². The molecule has 4 unspecified atom stereocenters. The smallest absolute Gasteiger partial charge is 0.234 e. The van der Waals surface area contributed by atoms with Crippen molar-refractivity contribution in [1.82, 2.24) is 15.0 Å². The van der Waals surface area contributed by atoms with Gasteiger partial charge in [0.15, 0.2) is 11.6 Å². The summed E-state index contributed by atoms with van der Waals surface area (Å²) in [5, 5.41) is 3.66. The second-order valence-electron chi connectivity index (χ2n) is 14.7. The monoisotopic (exact) mass is 718 g/mol. The van der Waals surface area contributed by atoms with Crippen LogP contribution in [0.25, 0.3) is 70.6 Å². The van der Waals surface area contributed by atoms with Crippen molar-refractivity contribution in [3.63, 3.8) is 0 Å². The Morgan fingerprint density at radius 2 is 1.37 bits per heavy atom. The number of rotatable bonds is 2. The van der Waals surface area contributed by atoms with Crippen LogP contribution < -0.4 is 4.90 Å². The molecule has 2 aliphatic heterocycles. The molecule has 0 fully saturated rings. The van der Waals surface area contributed by atoms with Crippen LogP contribution >= 0.6 is 11.3 Å². The van der Waals surface area contributed by atoms with Crippen molar-refractivity contribution in [2.24, 2.45) is 5.92 Å². The molecular weight excluding hydrogens is 681 g/mol. The van der Waals surface area contributed by atoms with Gasteiger partial charge in [-0.25, -0.2) is 4.98 Å². The summed E-state index contributed by atoms with van der Waals surface area (Å²) in [5.41, 5.74) is 13.3. The van der Waals surface area contributed by atoms with Crippen LogP contribution in [0.15, 0.2) is 131 Å². The molecule has 4 aliphatic rings. The molecule has 4 bridgehead atoms. The van der Waals surface area contributed by atoms with Crippen LogP contribution in [0.3, 0.4) is 0 Å². The quantitative estimate of drug-likeness (QED) is 0.167. The summed E-state index contributed by atoms with van der Waals surface area (Å²) < 4.78 is 9.41. The van der Waals surface area contributed by atoms with Gasteiger partial charge in [-0.1, -0.05) is 137 Å². The van der Waals surface area contributed by atoms with Crippen LogP contribution in [0.1, 0.15) is 63.3 Å². The average Bonchev–Trinajstić information content (AvgIpc) is 3.90. The van der Waals surface area contributed by atoms with Gasteiger partial charge in [-0.3, -0.25) is 4.90 Å². The Hall–Kier alpha value is -5.85. The number of benzene rings is 5. The summed E-state index contributed by atoms with van der Waals surface area (Å²) in [7, 11) is 0. The van der Waals surface area contributed by atoms with Crippen molar-refractivity contribution in [3.8, 4) is 33.9 Å². The Labute approximate surface area is 318 Å². The molecule has 0 saturated heterocycles. The number of hydrogen-bond donors (Lipinski definition) is 0. The van der Waals surface area contributed by atoms with Crippen LogP contribution in [0.5, 0.6) is 0 Å². The van der Waals surface area contributed by atoms with E-state index in [-0.39, 0.29) is 23.8 Å². The Morgan fingerprint density at radius 3 is 2.17 bits per heavy atom. The largest absolute Gasteiger partial charge is 0.460 e. The van der Waals surface area contributed by atoms with Crippen LogP contribution in [-0.2, 0) is 0 Å². The van der Waals surface area contributed by atoms with Crippen molar-refractivity contribution < 1.29 is 4.42 Å². The van der Waals surface area contributed by atoms with Crippen LogP contribution in [0.4, 0.5) is 11.6 Å². The number of fused-ring (bicyclic) bond motifs is 11. The highest BCUT2D eigenvalue weighted by Gasteiger charge is 2.51. The lowest BCUT2D eigenvalue weighted by Gasteiger charge is -2.42. The first-order chi connectivity index (χ1) is 26.5. The second kappa shape index (κ2) is 11.6. The predicted octanol–water partition coefficient (Wildman–Crippen LogP) is 13.1. The van der Waals surface area contributed by atoms with Gasteiger partial charge in [0.2, 0.25) is 5.95 Å². The minimum absolute atomic E-state index is 0.0902. The number of aromatic nitrogens is 3. The third-order valence-electron chi connectivity index (χ3n) is 12.0. The molecule has 5 aromatic carbocycles. The Kier molecular flexibility index (Phi) is 6.78. The molecule has 0 saturated carbocycles. The maximum Gasteiger partial charge on any atom is 0.234 e. The first-order valence-electron chi connectivity index (χ1n) is 19.2. The fraction of sp³-hybridized carbons (Fsp3) is 0.188. The molecule has 0 spiro atoms. The zero-order chi connectivity index (χ0) is 36.4. The SMILES string of the molecule is CC.CC1C=C2c3c(-c4ccccc4)cc4sc5ccccc5c4c3N3c4nc(-c5ccccc5)nc(n4)-c4cccc5oc6c(c45)C(C)C(=C1C6C)C23. The molecule has 5 heterocycles. The van der Waals surface area contributed by atoms with Gasteiger partial charge < -0.3 is 4.42 Å². The Bertz CT molecular complexity index is 2920. The molecule has 0 N–H and O–H groups in total. The highest BCUT2D eigenvalue weighted by molar-refractivity contribution is 7.26. The second-order valence-corrected chi connectivity index (χ2v) is 15.8. The van der Waals surface area contributed by atoms with E-state index in [9.17, 15) is 0 Å². The minimum Gasteiger partial charge on any atom is -0.460 e. The van der Waals surface area contributed by atoms with Crippen molar-refractivity contribution in [3.05, 3.63) is 143 Å². The lowest BCUT2D eigenvalue weighted by Crippen LogP contribution is -2.38. The van der Waals surface area contributed by atoms with E-state index in [0.29, 0.717) is 17.6 Å². The standard InChI is InChI=1S/C46H32N4OS.C2H6/c1-23-21-31-38-30(26-13-6-4-7-14-26)22-34-40(28-17-10-11-20-33(28)52-34)42(38)50-41(31)36-24(2)37-39-29(18-12-19-32(39)51-43(37)25(3)35(23)36)45-47-44(48-46(50)49-45)27-15-8-5-9-16-27;1-2/h4-25,41H,1-3H3;1-2H3. The predicted molar refractivity (Wildman–Crippen MR) is 224 cm³/mol. The molecule has 0 radical (unpaired) electrons. The van der Waals surface area contributed by atoms with Gasteiger partial charge in [0.1, 0.15) is 11.3 Å². The van der Waals surface area contributed by atoms with E-state index in [1.807, 2.05) is 31.3 Å². The van der Waals surface area contributed by atoms with Crippen molar-refractivity contribution in [2.45, 2.75) is 52.5 Å². The third-order valence-corrected chi connectivity index (χ3v) is 13.1. The normalized spacial score (nSPS) is 20.3. The van der Waals surface area contributed by atoms with Crippen LogP contribution in [0.2, 0.25) is 0 Å². The van der Waals surface area contributed by atoms with E-state index >= 15 is 0 Å². The molecular formula is C48H38N4OS.